The first-order valence-corrected chi connectivity index (χ1v) is 9.15. The molecule has 0 saturated heterocycles. The SMILES string of the molecule is CCCC(=O)N(Cc1nc2nc(C)c(Cl)c(C)n2n1)c1ccc(OC)cc1. The van der Waals surface area contributed by atoms with Gasteiger partial charge >= 0.3 is 0 Å². The van der Waals surface area contributed by atoms with Gasteiger partial charge in [-0.25, -0.2) is 4.98 Å². The van der Waals surface area contributed by atoms with Crippen molar-refractivity contribution in [3.05, 3.63) is 46.5 Å². The third-order valence-corrected chi connectivity index (χ3v) is 4.85. The van der Waals surface area contributed by atoms with Crippen LogP contribution in [0.4, 0.5) is 5.69 Å². The number of methoxy groups -OCH3 is 1. The first-order valence-electron chi connectivity index (χ1n) is 8.77. The van der Waals surface area contributed by atoms with Crippen LogP contribution >= 0.6 is 11.6 Å². The highest BCUT2D eigenvalue weighted by Gasteiger charge is 2.19. The first kappa shape index (κ1) is 19.1. The van der Waals surface area contributed by atoms with E-state index in [2.05, 4.69) is 15.1 Å². The van der Waals surface area contributed by atoms with Crippen molar-refractivity contribution in [3.8, 4) is 5.75 Å². The van der Waals surface area contributed by atoms with Gasteiger partial charge in [-0.05, 0) is 44.5 Å². The minimum absolute atomic E-state index is 0.0143. The van der Waals surface area contributed by atoms with Crippen molar-refractivity contribution in [2.75, 3.05) is 12.0 Å². The normalized spacial score (nSPS) is 11.0. The molecule has 0 saturated carbocycles. The quantitative estimate of drug-likeness (QED) is 0.644. The number of anilines is 1. The lowest BCUT2D eigenvalue weighted by Crippen LogP contribution is -2.30. The Balaban J connectivity index is 1.97. The second-order valence-corrected chi connectivity index (χ2v) is 6.64. The highest BCUT2D eigenvalue weighted by Crippen LogP contribution is 2.23. The Morgan fingerprint density at radius 3 is 2.56 bits per heavy atom. The van der Waals surface area contributed by atoms with E-state index in [0.29, 0.717) is 28.7 Å². The average molecular weight is 388 g/mol. The zero-order chi connectivity index (χ0) is 19.6. The van der Waals surface area contributed by atoms with Gasteiger partial charge in [-0.2, -0.15) is 9.50 Å². The molecule has 0 aliphatic rings. The molecule has 2 aromatic heterocycles. The first-order chi connectivity index (χ1) is 12.9. The molecular formula is C19H22ClN5O2. The molecule has 3 aromatic rings. The lowest BCUT2D eigenvalue weighted by molar-refractivity contribution is -0.118. The van der Waals surface area contributed by atoms with Gasteiger partial charge in [-0.1, -0.05) is 18.5 Å². The number of carbonyl (C=O) groups excluding carboxylic acids is 1. The number of aryl methyl sites for hydroxylation is 2. The van der Waals surface area contributed by atoms with Crippen LogP contribution < -0.4 is 9.64 Å². The fraction of sp³-hybridized carbons (Fsp3) is 0.368. The van der Waals surface area contributed by atoms with Crippen LogP contribution in [0.5, 0.6) is 5.75 Å². The number of nitrogens with zero attached hydrogens (tertiary/aromatic N) is 5. The smallest absolute Gasteiger partial charge is 0.253 e. The van der Waals surface area contributed by atoms with Crippen LogP contribution in [0.1, 0.15) is 37.0 Å². The summed E-state index contributed by atoms with van der Waals surface area (Å²) in [5.41, 5.74) is 2.25. The highest BCUT2D eigenvalue weighted by molar-refractivity contribution is 6.31. The van der Waals surface area contributed by atoms with Gasteiger partial charge in [-0.15, -0.1) is 5.10 Å². The molecule has 7 nitrogen and oxygen atoms in total. The van der Waals surface area contributed by atoms with Gasteiger partial charge in [0.05, 0.1) is 30.1 Å². The van der Waals surface area contributed by atoms with E-state index in [0.717, 1.165) is 23.6 Å². The number of halogens is 1. The number of aromatic nitrogens is 4. The number of amides is 1. The molecule has 1 amide bonds. The second kappa shape index (κ2) is 7.92. The predicted octanol–water partition coefficient (Wildman–Crippen LogP) is 3.74. The molecule has 2 heterocycles. The second-order valence-electron chi connectivity index (χ2n) is 6.26. The summed E-state index contributed by atoms with van der Waals surface area (Å²) >= 11 is 6.26. The lowest BCUT2D eigenvalue weighted by Gasteiger charge is -2.21. The van der Waals surface area contributed by atoms with Crippen LogP contribution in [0.3, 0.4) is 0 Å². The molecule has 27 heavy (non-hydrogen) atoms. The third-order valence-electron chi connectivity index (χ3n) is 4.30. The molecule has 0 radical (unpaired) electrons. The summed E-state index contributed by atoms with van der Waals surface area (Å²) in [6, 6.07) is 7.36. The van der Waals surface area contributed by atoms with Crippen LogP contribution in [0, 0.1) is 13.8 Å². The summed E-state index contributed by atoms with van der Waals surface area (Å²) in [6.07, 6.45) is 1.21. The molecule has 0 aliphatic carbocycles. The molecule has 3 rings (SSSR count). The van der Waals surface area contributed by atoms with E-state index in [1.165, 1.54) is 0 Å². The molecule has 142 valence electrons. The zero-order valence-corrected chi connectivity index (χ0v) is 16.6. The Morgan fingerprint density at radius 1 is 1.22 bits per heavy atom. The van der Waals surface area contributed by atoms with E-state index in [9.17, 15) is 4.79 Å². The summed E-state index contributed by atoms with van der Waals surface area (Å²) in [5.74, 6) is 1.73. The standard InChI is InChI=1S/C19H22ClN5O2/c1-5-6-17(26)24(14-7-9-15(27-4)10-8-14)11-16-22-19-21-12(2)18(20)13(3)25(19)23-16/h7-10H,5-6,11H2,1-4H3. The van der Waals surface area contributed by atoms with Crippen LogP contribution in [0.25, 0.3) is 5.78 Å². The molecule has 8 heteroatoms. The molecule has 0 fully saturated rings. The maximum atomic E-state index is 12.7. The minimum Gasteiger partial charge on any atom is -0.497 e. The van der Waals surface area contributed by atoms with E-state index < -0.39 is 0 Å². The number of rotatable bonds is 6. The number of fused-ring (bicyclic) bond motifs is 1. The van der Waals surface area contributed by atoms with E-state index >= 15 is 0 Å². The Kier molecular flexibility index (Phi) is 5.60. The summed E-state index contributed by atoms with van der Waals surface area (Å²) < 4.78 is 6.81. The van der Waals surface area contributed by atoms with Gasteiger partial charge in [0.2, 0.25) is 5.91 Å². The molecule has 0 spiro atoms. The molecular weight excluding hydrogens is 366 g/mol. The van der Waals surface area contributed by atoms with Gasteiger partial charge in [0.15, 0.2) is 5.82 Å². The van der Waals surface area contributed by atoms with Crippen molar-refractivity contribution in [1.82, 2.24) is 19.6 Å². The molecule has 0 N–H and O–H groups in total. The van der Waals surface area contributed by atoms with Crippen molar-refractivity contribution in [3.63, 3.8) is 0 Å². The van der Waals surface area contributed by atoms with Crippen molar-refractivity contribution in [1.29, 1.82) is 0 Å². The Labute approximate surface area is 162 Å². The number of carbonyl (C=O) groups is 1. The van der Waals surface area contributed by atoms with Crippen LogP contribution in [0.2, 0.25) is 5.02 Å². The van der Waals surface area contributed by atoms with Crippen molar-refractivity contribution in [2.24, 2.45) is 0 Å². The van der Waals surface area contributed by atoms with Crippen LogP contribution in [-0.4, -0.2) is 32.6 Å². The molecule has 0 unspecified atom stereocenters. The monoisotopic (exact) mass is 387 g/mol. The zero-order valence-electron chi connectivity index (χ0n) is 15.9. The minimum atomic E-state index is 0.0143. The maximum Gasteiger partial charge on any atom is 0.253 e. The Hall–Kier alpha value is -2.67. The number of hydrogen-bond acceptors (Lipinski definition) is 5. The molecule has 0 aliphatic heterocycles. The fourth-order valence-corrected chi connectivity index (χ4v) is 2.96. The highest BCUT2D eigenvalue weighted by atomic mass is 35.5. The van der Waals surface area contributed by atoms with Crippen molar-refractivity contribution >= 4 is 29.0 Å². The summed E-state index contributed by atoms with van der Waals surface area (Å²) in [6.45, 7) is 5.93. The summed E-state index contributed by atoms with van der Waals surface area (Å²) in [4.78, 5) is 23.2. The molecule has 0 bridgehead atoms. The van der Waals surface area contributed by atoms with Gasteiger partial charge in [0.1, 0.15) is 5.75 Å². The predicted molar refractivity (Wildman–Crippen MR) is 104 cm³/mol. The van der Waals surface area contributed by atoms with Gasteiger partial charge in [0, 0.05) is 12.1 Å². The fourth-order valence-electron chi connectivity index (χ4n) is 2.84. The van der Waals surface area contributed by atoms with E-state index in [1.807, 2.05) is 45.0 Å². The summed E-state index contributed by atoms with van der Waals surface area (Å²) in [5, 5.41) is 5.06. The molecule has 1 aromatic carbocycles. The van der Waals surface area contributed by atoms with Crippen LogP contribution in [0.15, 0.2) is 24.3 Å². The van der Waals surface area contributed by atoms with Gasteiger partial charge in [-0.3, -0.25) is 4.79 Å². The Bertz CT molecular complexity index is 968. The number of hydrogen-bond donors (Lipinski definition) is 0. The summed E-state index contributed by atoms with van der Waals surface area (Å²) in [7, 11) is 1.61. The van der Waals surface area contributed by atoms with Crippen molar-refractivity contribution in [2.45, 2.75) is 40.2 Å². The maximum absolute atomic E-state index is 12.7. The topological polar surface area (TPSA) is 72.6 Å². The van der Waals surface area contributed by atoms with Crippen LogP contribution in [-0.2, 0) is 11.3 Å². The average Bonchev–Trinajstić information content (AvgIpc) is 3.07. The van der Waals surface area contributed by atoms with E-state index in [-0.39, 0.29) is 12.5 Å². The lowest BCUT2D eigenvalue weighted by atomic mass is 10.2. The van der Waals surface area contributed by atoms with Crippen molar-refractivity contribution < 1.29 is 9.53 Å². The third kappa shape index (κ3) is 3.88. The van der Waals surface area contributed by atoms with Gasteiger partial charge in [0.25, 0.3) is 5.78 Å². The van der Waals surface area contributed by atoms with E-state index in [1.54, 1.807) is 16.5 Å². The number of ether oxygens (including phenoxy) is 1. The largest absolute Gasteiger partial charge is 0.497 e. The van der Waals surface area contributed by atoms with E-state index in [4.69, 9.17) is 16.3 Å². The Morgan fingerprint density at radius 2 is 1.93 bits per heavy atom. The molecule has 0 atom stereocenters. The van der Waals surface area contributed by atoms with Gasteiger partial charge < -0.3 is 9.64 Å². The number of benzene rings is 1.